The van der Waals surface area contributed by atoms with E-state index in [-0.39, 0.29) is 29.6 Å². The molecule has 2 aromatic rings. The third-order valence-electron chi connectivity index (χ3n) is 3.26. The molecule has 0 heterocycles. The molecule has 0 radical (unpaired) electrons. The molecule has 2 rings (SSSR count). The fourth-order valence-corrected chi connectivity index (χ4v) is 2.28. The molecule has 0 spiro atoms. The zero-order valence-corrected chi connectivity index (χ0v) is 13.6. The Hall–Kier alpha value is -2.21. The van der Waals surface area contributed by atoms with Crippen LogP contribution in [-0.2, 0) is 11.0 Å². The molecule has 0 aliphatic rings. The monoisotopic (exact) mass is 356 g/mol. The van der Waals surface area contributed by atoms with Gasteiger partial charge in [-0.2, -0.15) is 13.2 Å². The number of halogens is 4. The van der Waals surface area contributed by atoms with Gasteiger partial charge in [0.15, 0.2) is 0 Å². The van der Waals surface area contributed by atoms with Gasteiger partial charge in [0.05, 0.1) is 16.3 Å². The Morgan fingerprint density at radius 2 is 1.92 bits per heavy atom. The van der Waals surface area contributed by atoms with Crippen LogP contribution in [0.15, 0.2) is 42.5 Å². The Morgan fingerprint density at radius 3 is 2.58 bits per heavy atom. The summed E-state index contributed by atoms with van der Waals surface area (Å²) in [6.45, 7) is 2.07. The zero-order chi connectivity index (χ0) is 17.7. The lowest BCUT2D eigenvalue weighted by Gasteiger charge is -2.12. The first kappa shape index (κ1) is 18.1. The van der Waals surface area contributed by atoms with Crippen molar-refractivity contribution in [1.29, 1.82) is 0 Å². The van der Waals surface area contributed by atoms with Crippen molar-refractivity contribution >= 4 is 28.9 Å². The van der Waals surface area contributed by atoms with Crippen LogP contribution in [0, 0.1) is 6.92 Å². The third kappa shape index (κ3) is 5.16. The molecule has 0 unspecified atom stereocenters. The van der Waals surface area contributed by atoms with Crippen LogP contribution < -0.4 is 10.6 Å². The highest BCUT2D eigenvalue weighted by atomic mass is 35.5. The summed E-state index contributed by atoms with van der Waals surface area (Å²) in [5, 5.41) is 5.66. The van der Waals surface area contributed by atoms with E-state index in [1.807, 2.05) is 25.1 Å². The number of anilines is 2. The Labute approximate surface area is 142 Å². The lowest BCUT2D eigenvalue weighted by molar-refractivity contribution is -0.137. The number of carbonyl (C=O) groups is 1. The van der Waals surface area contributed by atoms with E-state index in [0.717, 1.165) is 17.7 Å². The van der Waals surface area contributed by atoms with Crippen LogP contribution in [0.1, 0.15) is 17.5 Å². The minimum atomic E-state index is -4.44. The summed E-state index contributed by atoms with van der Waals surface area (Å²) in [7, 11) is 0. The Balaban J connectivity index is 1.91. The molecule has 0 aliphatic carbocycles. The highest BCUT2D eigenvalue weighted by molar-refractivity contribution is 6.33. The maximum absolute atomic E-state index is 12.7. The lowest BCUT2D eigenvalue weighted by atomic mass is 10.2. The van der Waals surface area contributed by atoms with E-state index < -0.39 is 11.7 Å². The summed E-state index contributed by atoms with van der Waals surface area (Å²) in [4.78, 5) is 11.9. The van der Waals surface area contributed by atoms with Gasteiger partial charge in [0.25, 0.3) is 0 Å². The summed E-state index contributed by atoms with van der Waals surface area (Å²) in [6.07, 6.45) is -4.34. The highest BCUT2D eigenvalue weighted by Gasteiger charge is 2.30. The van der Waals surface area contributed by atoms with Crippen LogP contribution in [-0.4, -0.2) is 12.5 Å². The fraction of sp³-hybridized carbons (Fsp3) is 0.235. The van der Waals surface area contributed by atoms with E-state index in [1.165, 1.54) is 6.07 Å². The second kappa shape index (κ2) is 7.57. The molecular weight excluding hydrogens is 341 g/mol. The average molecular weight is 357 g/mol. The first-order chi connectivity index (χ1) is 11.3. The average Bonchev–Trinajstić information content (AvgIpc) is 2.48. The second-order valence-electron chi connectivity index (χ2n) is 5.29. The Bertz CT molecular complexity index is 732. The van der Waals surface area contributed by atoms with Gasteiger partial charge in [0.1, 0.15) is 0 Å². The van der Waals surface area contributed by atoms with Gasteiger partial charge in [-0.1, -0.05) is 23.7 Å². The predicted molar refractivity (Wildman–Crippen MR) is 89.4 cm³/mol. The Kier molecular flexibility index (Phi) is 5.72. The van der Waals surface area contributed by atoms with Crippen molar-refractivity contribution in [2.75, 3.05) is 17.2 Å². The van der Waals surface area contributed by atoms with E-state index in [2.05, 4.69) is 10.6 Å². The molecule has 1 amide bonds. The number of rotatable bonds is 5. The molecule has 7 heteroatoms. The first-order valence-electron chi connectivity index (χ1n) is 7.23. The molecule has 128 valence electrons. The minimum absolute atomic E-state index is 0.0977. The largest absolute Gasteiger partial charge is 0.416 e. The van der Waals surface area contributed by atoms with E-state index in [4.69, 9.17) is 11.6 Å². The van der Waals surface area contributed by atoms with Crippen LogP contribution in [0.4, 0.5) is 24.5 Å². The Morgan fingerprint density at radius 1 is 1.17 bits per heavy atom. The number of amides is 1. The zero-order valence-electron chi connectivity index (χ0n) is 12.9. The SMILES string of the molecule is Cc1cccc(NC(=O)CCNc2cc(C(F)(F)F)ccc2Cl)c1. The quantitative estimate of drug-likeness (QED) is 0.781. The van der Waals surface area contributed by atoms with Crippen LogP contribution >= 0.6 is 11.6 Å². The van der Waals surface area contributed by atoms with Gasteiger partial charge in [-0.15, -0.1) is 0 Å². The smallest absolute Gasteiger partial charge is 0.383 e. The minimum Gasteiger partial charge on any atom is -0.383 e. The molecule has 0 aliphatic heterocycles. The topological polar surface area (TPSA) is 41.1 Å². The van der Waals surface area contributed by atoms with Gasteiger partial charge < -0.3 is 10.6 Å². The number of carbonyl (C=O) groups excluding carboxylic acids is 1. The molecule has 24 heavy (non-hydrogen) atoms. The number of hydrogen-bond donors (Lipinski definition) is 2. The predicted octanol–water partition coefficient (Wildman–Crippen LogP) is 5.11. The van der Waals surface area contributed by atoms with Gasteiger partial charge in [-0.3, -0.25) is 4.79 Å². The summed E-state index contributed by atoms with van der Waals surface area (Å²) in [6, 6.07) is 10.4. The van der Waals surface area contributed by atoms with E-state index in [0.29, 0.717) is 5.69 Å². The molecule has 0 aromatic heterocycles. The molecule has 0 fully saturated rings. The maximum Gasteiger partial charge on any atom is 0.416 e. The molecule has 3 nitrogen and oxygen atoms in total. The van der Waals surface area contributed by atoms with Gasteiger partial charge in [0, 0.05) is 18.7 Å². The van der Waals surface area contributed by atoms with Crippen molar-refractivity contribution in [3.8, 4) is 0 Å². The number of benzene rings is 2. The van der Waals surface area contributed by atoms with Crippen molar-refractivity contribution in [3.63, 3.8) is 0 Å². The molecule has 0 saturated carbocycles. The lowest BCUT2D eigenvalue weighted by Crippen LogP contribution is -2.16. The van der Waals surface area contributed by atoms with Gasteiger partial charge in [0.2, 0.25) is 5.91 Å². The van der Waals surface area contributed by atoms with Crippen LogP contribution in [0.2, 0.25) is 5.02 Å². The van der Waals surface area contributed by atoms with E-state index >= 15 is 0 Å². The maximum atomic E-state index is 12.7. The van der Waals surface area contributed by atoms with Crippen LogP contribution in [0.5, 0.6) is 0 Å². The standard InChI is InChI=1S/C17H16ClF3N2O/c1-11-3-2-4-13(9-11)23-16(24)7-8-22-15-10-12(17(19,20)21)5-6-14(15)18/h2-6,9-10,22H,7-8H2,1H3,(H,23,24). The van der Waals surface area contributed by atoms with Crippen molar-refractivity contribution in [2.24, 2.45) is 0 Å². The van der Waals surface area contributed by atoms with Crippen molar-refractivity contribution in [1.82, 2.24) is 0 Å². The first-order valence-corrected chi connectivity index (χ1v) is 7.60. The van der Waals surface area contributed by atoms with Crippen LogP contribution in [0.25, 0.3) is 0 Å². The van der Waals surface area contributed by atoms with E-state index in [1.54, 1.807) is 6.07 Å². The number of nitrogens with one attached hydrogen (secondary N) is 2. The second-order valence-corrected chi connectivity index (χ2v) is 5.69. The highest BCUT2D eigenvalue weighted by Crippen LogP contribution is 2.33. The summed E-state index contributed by atoms with van der Waals surface area (Å²) < 4.78 is 38.1. The number of aryl methyl sites for hydroxylation is 1. The number of alkyl halides is 3. The molecule has 0 atom stereocenters. The van der Waals surface area contributed by atoms with Gasteiger partial charge >= 0.3 is 6.18 Å². The third-order valence-corrected chi connectivity index (χ3v) is 3.59. The van der Waals surface area contributed by atoms with Crippen LogP contribution in [0.3, 0.4) is 0 Å². The fourth-order valence-electron chi connectivity index (χ4n) is 2.09. The van der Waals surface area contributed by atoms with Gasteiger partial charge in [-0.25, -0.2) is 0 Å². The van der Waals surface area contributed by atoms with E-state index in [9.17, 15) is 18.0 Å². The molecule has 2 aromatic carbocycles. The molecular formula is C17H16ClF3N2O. The number of hydrogen-bond acceptors (Lipinski definition) is 2. The normalized spacial score (nSPS) is 11.2. The summed E-state index contributed by atoms with van der Waals surface area (Å²) >= 11 is 5.88. The molecule has 0 saturated heterocycles. The summed E-state index contributed by atoms with van der Waals surface area (Å²) in [5.74, 6) is -0.240. The summed E-state index contributed by atoms with van der Waals surface area (Å²) in [5.41, 5.74) is 1.05. The molecule has 2 N–H and O–H groups in total. The van der Waals surface area contributed by atoms with Crippen molar-refractivity contribution in [2.45, 2.75) is 19.5 Å². The van der Waals surface area contributed by atoms with Gasteiger partial charge in [-0.05, 0) is 42.8 Å². The van der Waals surface area contributed by atoms with Crippen molar-refractivity contribution < 1.29 is 18.0 Å². The van der Waals surface area contributed by atoms with Crippen molar-refractivity contribution in [3.05, 3.63) is 58.6 Å². The molecule has 0 bridgehead atoms.